The number of carbonyl (C=O) groups excluding carboxylic acids is 1. The van der Waals surface area contributed by atoms with Gasteiger partial charge in [0.2, 0.25) is 5.91 Å². The van der Waals surface area contributed by atoms with E-state index in [1.807, 2.05) is 30.1 Å². The van der Waals surface area contributed by atoms with Gasteiger partial charge in [-0.1, -0.05) is 24.3 Å². The standard InChI is InChI=1S/C21H27FN2O3/c1-24(13-11-16-8-9-19(26-2)20(14-16)27-3)15-21(25)23-12-10-17-6-4-5-7-18(17)22/h4-9,14H,10-13,15H2,1-3H3,(H,23,25). The van der Waals surface area contributed by atoms with Crippen molar-refractivity contribution in [2.45, 2.75) is 12.8 Å². The predicted molar refractivity (Wildman–Crippen MR) is 104 cm³/mol. The molecular weight excluding hydrogens is 347 g/mol. The van der Waals surface area contributed by atoms with Crippen molar-refractivity contribution in [2.75, 3.05) is 40.9 Å². The van der Waals surface area contributed by atoms with Gasteiger partial charge in [-0.05, 0) is 49.2 Å². The van der Waals surface area contributed by atoms with Crippen LogP contribution in [0.3, 0.4) is 0 Å². The van der Waals surface area contributed by atoms with Crippen molar-refractivity contribution < 1.29 is 18.7 Å². The molecule has 0 aromatic heterocycles. The van der Waals surface area contributed by atoms with Gasteiger partial charge in [0.25, 0.3) is 0 Å². The summed E-state index contributed by atoms with van der Waals surface area (Å²) >= 11 is 0. The number of ether oxygens (including phenoxy) is 2. The van der Waals surface area contributed by atoms with E-state index in [1.54, 1.807) is 32.4 Å². The second kappa shape index (κ2) is 10.5. The normalized spacial score (nSPS) is 10.7. The Morgan fingerprint density at radius 2 is 1.81 bits per heavy atom. The minimum Gasteiger partial charge on any atom is -0.493 e. The molecule has 0 bridgehead atoms. The van der Waals surface area contributed by atoms with Crippen molar-refractivity contribution in [1.82, 2.24) is 10.2 Å². The molecular formula is C21H27FN2O3. The van der Waals surface area contributed by atoms with Gasteiger partial charge < -0.3 is 14.8 Å². The van der Waals surface area contributed by atoms with Crippen LogP contribution in [0.5, 0.6) is 11.5 Å². The average molecular weight is 374 g/mol. The van der Waals surface area contributed by atoms with Crippen LogP contribution in [0.2, 0.25) is 0 Å². The third-order valence-electron chi connectivity index (χ3n) is 4.32. The first-order valence-corrected chi connectivity index (χ1v) is 8.93. The summed E-state index contributed by atoms with van der Waals surface area (Å²) in [5, 5.41) is 2.84. The van der Waals surface area contributed by atoms with Gasteiger partial charge in [0.1, 0.15) is 5.82 Å². The highest BCUT2D eigenvalue weighted by Crippen LogP contribution is 2.27. The molecule has 0 unspecified atom stereocenters. The average Bonchev–Trinajstić information content (AvgIpc) is 2.67. The smallest absolute Gasteiger partial charge is 0.234 e. The molecule has 2 aromatic rings. The van der Waals surface area contributed by atoms with Crippen molar-refractivity contribution in [3.05, 3.63) is 59.4 Å². The highest BCUT2D eigenvalue weighted by atomic mass is 19.1. The molecule has 0 spiro atoms. The van der Waals surface area contributed by atoms with Gasteiger partial charge >= 0.3 is 0 Å². The first-order chi connectivity index (χ1) is 13.0. The van der Waals surface area contributed by atoms with Gasteiger partial charge in [-0.25, -0.2) is 4.39 Å². The largest absolute Gasteiger partial charge is 0.493 e. The minimum absolute atomic E-state index is 0.0684. The number of likely N-dealkylation sites (N-methyl/N-ethyl adjacent to an activating group) is 1. The van der Waals surface area contributed by atoms with E-state index < -0.39 is 0 Å². The summed E-state index contributed by atoms with van der Waals surface area (Å²) in [6, 6.07) is 12.4. The summed E-state index contributed by atoms with van der Waals surface area (Å²) in [6.45, 7) is 1.45. The van der Waals surface area contributed by atoms with Crippen molar-refractivity contribution >= 4 is 5.91 Å². The van der Waals surface area contributed by atoms with Crippen LogP contribution in [-0.4, -0.2) is 51.7 Å². The van der Waals surface area contributed by atoms with Crippen LogP contribution in [0.25, 0.3) is 0 Å². The number of rotatable bonds is 10. The molecule has 27 heavy (non-hydrogen) atoms. The molecule has 0 atom stereocenters. The summed E-state index contributed by atoms with van der Waals surface area (Å²) in [5.74, 6) is 1.09. The number of carbonyl (C=O) groups is 1. The van der Waals surface area contributed by atoms with Gasteiger partial charge in [0, 0.05) is 13.1 Å². The number of hydrogen-bond donors (Lipinski definition) is 1. The van der Waals surface area contributed by atoms with Crippen LogP contribution in [0.4, 0.5) is 4.39 Å². The Bertz CT molecular complexity index is 752. The Hall–Kier alpha value is -2.60. The predicted octanol–water partition coefficient (Wildman–Crippen LogP) is 2.68. The Morgan fingerprint density at radius 3 is 2.52 bits per heavy atom. The van der Waals surface area contributed by atoms with E-state index in [-0.39, 0.29) is 11.7 Å². The summed E-state index contributed by atoms with van der Waals surface area (Å²) in [7, 11) is 5.12. The molecule has 0 radical (unpaired) electrons. The van der Waals surface area contributed by atoms with Crippen molar-refractivity contribution in [3.8, 4) is 11.5 Å². The lowest BCUT2D eigenvalue weighted by molar-refractivity contribution is -0.121. The van der Waals surface area contributed by atoms with Gasteiger partial charge in [-0.3, -0.25) is 9.69 Å². The Balaban J connectivity index is 1.72. The highest BCUT2D eigenvalue weighted by Gasteiger charge is 2.09. The Labute approximate surface area is 160 Å². The van der Waals surface area contributed by atoms with Gasteiger partial charge in [0.05, 0.1) is 20.8 Å². The molecule has 0 saturated heterocycles. The first-order valence-electron chi connectivity index (χ1n) is 8.93. The van der Waals surface area contributed by atoms with E-state index >= 15 is 0 Å². The van der Waals surface area contributed by atoms with Crippen LogP contribution in [0, 0.1) is 5.82 Å². The lowest BCUT2D eigenvalue weighted by atomic mass is 10.1. The van der Waals surface area contributed by atoms with Crippen LogP contribution in [0.1, 0.15) is 11.1 Å². The number of nitrogens with one attached hydrogen (secondary N) is 1. The second-order valence-corrected chi connectivity index (χ2v) is 6.37. The fourth-order valence-corrected chi connectivity index (χ4v) is 2.77. The molecule has 0 aliphatic heterocycles. The molecule has 146 valence electrons. The van der Waals surface area contributed by atoms with Gasteiger partial charge in [-0.15, -0.1) is 0 Å². The fraction of sp³-hybridized carbons (Fsp3) is 0.381. The summed E-state index contributed by atoms with van der Waals surface area (Å²) in [5.41, 5.74) is 1.72. The SMILES string of the molecule is COc1ccc(CCN(C)CC(=O)NCCc2ccccc2F)cc1OC. The number of hydrogen-bond acceptors (Lipinski definition) is 4. The first kappa shape index (κ1) is 20.7. The molecule has 5 nitrogen and oxygen atoms in total. The van der Waals surface area contributed by atoms with Crippen LogP contribution < -0.4 is 14.8 Å². The van der Waals surface area contributed by atoms with Crippen molar-refractivity contribution in [3.63, 3.8) is 0 Å². The third kappa shape index (κ3) is 6.57. The number of halogens is 1. The number of amides is 1. The molecule has 0 saturated carbocycles. The Morgan fingerprint density at radius 1 is 1.07 bits per heavy atom. The number of nitrogens with zero attached hydrogens (tertiary/aromatic N) is 1. The third-order valence-corrected chi connectivity index (χ3v) is 4.32. The lowest BCUT2D eigenvalue weighted by Crippen LogP contribution is -2.37. The van der Waals surface area contributed by atoms with Crippen molar-refractivity contribution in [2.24, 2.45) is 0 Å². The zero-order chi connectivity index (χ0) is 19.6. The zero-order valence-electron chi connectivity index (χ0n) is 16.1. The van der Waals surface area contributed by atoms with Crippen molar-refractivity contribution in [1.29, 1.82) is 0 Å². The number of benzene rings is 2. The maximum absolute atomic E-state index is 13.5. The Kier molecular flexibility index (Phi) is 8.07. The molecule has 2 rings (SSSR count). The van der Waals surface area contributed by atoms with Crippen LogP contribution in [0.15, 0.2) is 42.5 Å². The summed E-state index contributed by atoms with van der Waals surface area (Å²) < 4.78 is 24.1. The molecule has 0 aliphatic rings. The van der Waals surface area contributed by atoms with Crippen LogP contribution >= 0.6 is 0 Å². The topological polar surface area (TPSA) is 50.8 Å². The zero-order valence-corrected chi connectivity index (χ0v) is 16.1. The van der Waals surface area contributed by atoms with Gasteiger partial charge in [0.15, 0.2) is 11.5 Å². The van der Waals surface area contributed by atoms with E-state index in [9.17, 15) is 9.18 Å². The monoisotopic (exact) mass is 374 g/mol. The highest BCUT2D eigenvalue weighted by molar-refractivity contribution is 5.77. The van der Waals surface area contributed by atoms with E-state index in [0.29, 0.717) is 36.6 Å². The van der Waals surface area contributed by atoms with E-state index in [1.165, 1.54) is 6.07 Å². The molecule has 2 aromatic carbocycles. The minimum atomic E-state index is -0.237. The molecule has 0 heterocycles. The fourth-order valence-electron chi connectivity index (χ4n) is 2.77. The molecule has 0 aliphatic carbocycles. The quantitative estimate of drug-likeness (QED) is 0.695. The molecule has 1 amide bonds. The maximum Gasteiger partial charge on any atom is 0.234 e. The molecule has 6 heteroatoms. The summed E-state index contributed by atoms with van der Waals surface area (Å²) in [6.07, 6.45) is 1.27. The lowest BCUT2D eigenvalue weighted by Gasteiger charge is -2.17. The maximum atomic E-state index is 13.5. The summed E-state index contributed by atoms with van der Waals surface area (Å²) in [4.78, 5) is 14.0. The van der Waals surface area contributed by atoms with E-state index in [0.717, 1.165) is 18.5 Å². The van der Waals surface area contributed by atoms with Crippen LogP contribution in [-0.2, 0) is 17.6 Å². The molecule has 0 fully saturated rings. The van der Waals surface area contributed by atoms with E-state index in [4.69, 9.17) is 9.47 Å². The number of methoxy groups -OCH3 is 2. The molecule has 1 N–H and O–H groups in total. The van der Waals surface area contributed by atoms with E-state index in [2.05, 4.69) is 5.32 Å². The second-order valence-electron chi connectivity index (χ2n) is 6.37. The van der Waals surface area contributed by atoms with Gasteiger partial charge in [-0.2, -0.15) is 0 Å².